The maximum Gasteiger partial charge on any atom is 0.0472 e. The monoisotopic (exact) mass is 233 g/mol. The van der Waals surface area contributed by atoms with Crippen LogP contribution in [-0.4, -0.2) is 27.8 Å². The van der Waals surface area contributed by atoms with Gasteiger partial charge in [0, 0.05) is 27.8 Å². The maximum absolute atomic E-state index is 12.0. The molecule has 0 aliphatic heterocycles. The molecule has 15 heavy (non-hydrogen) atoms. The lowest BCUT2D eigenvalue weighted by atomic mass is 10.1. The van der Waals surface area contributed by atoms with E-state index in [9.17, 15) is 4.21 Å². The van der Waals surface area contributed by atoms with Crippen molar-refractivity contribution in [2.24, 2.45) is 5.92 Å². The van der Waals surface area contributed by atoms with E-state index in [1.165, 1.54) is 0 Å². The van der Waals surface area contributed by atoms with Crippen LogP contribution in [0.5, 0.6) is 0 Å². The second-order valence-corrected chi connectivity index (χ2v) is 6.46. The van der Waals surface area contributed by atoms with Gasteiger partial charge in [0.1, 0.15) is 0 Å². The van der Waals surface area contributed by atoms with Crippen LogP contribution in [0.15, 0.2) is 0 Å². The second-order valence-electron chi connectivity index (χ2n) is 4.54. The van der Waals surface area contributed by atoms with Gasteiger partial charge in [-0.1, -0.05) is 27.7 Å². The van der Waals surface area contributed by atoms with Crippen LogP contribution < -0.4 is 5.32 Å². The zero-order chi connectivity index (χ0) is 11.8. The van der Waals surface area contributed by atoms with Gasteiger partial charge >= 0.3 is 0 Å². The lowest BCUT2D eigenvalue weighted by molar-refractivity contribution is 0.498. The summed E-state index contributed by atoms with van der Waals surface area (Å²) in [5.41, 5.74) is 0. The van der Waals surface area contributed by atoms with Gasteiger partial charge in [0.25, 0.3) is 0 Å². The van der Waals surface area contributed by atoms with Crippen LogP contribution in [-0.2, 0) is 10.8 Å². The molecular weight excluding hydrogens is 206 g/mol. The largest absolute Gasteiger partial charge is 0.313 e. The highest BCUT2D eigenvalue weighted by atomic mass is 32.2. The van der Waals surface area contributed by atoms with E-state index in [0.29, 0.717) is 12.0 Å². The molecule has 0 heterocycles. The van der Waals surface area contributed by atoms with Gasteiger partial charge in [-0.2, -0.15) is 0 Å². The Morgan fingerprint density at radius 2 is 1.80 bits per heavy atom. The standard InChI is InChI=1S/C12H27NOS/c1-6-12(13-7-2)11(5)15(14)9-8-10(3)4/h10-13H,6-9H2,1-5H3. The first kappa shape index (κ1) is 15.1. The second kappa shape index (κ2) is 8.28. The van der Waals surface area contributed by atoms with Gasteiger partial charge < -0.3 is 5.32 Å². The third-order valence-corrected chi connectivity index (χ3v) is 4.58. The van der Waals surface area contributed by atoms with Crippen molar-refractivity contribution in [1.82, 2.24) is 5.32 Å². The zero-order valence-corrected chi connectivity index (χ0v) is 11.7. The van der Waals surface area contributed by atoms with Crippen molar-refractivity contribution in [2.75, 3.05) is 12.3 Å². The lowest BCUT2D eigenvalue weighted by Crippen LogP contribution is -2.40. The zero-order valence-electron chi connectivity index (χ0n) is 10.9. The highest BCUT2D eigenvalue weighted by Gasteiger charge is 2.20. The minimum absolute atomic E-state index is 0.272. The van der Waals surface area contributed by atoms with Gasteiger partial charge in [0.15, 0.2) is 0 Å². The summed E-state index contributed by atoms with van der Waals surface area (Å²) in [5.74, 6) is 1.50. The molecule has 0 aliphatic carbocycles. The van der Waals surface area contributed by atoms with Crippen LogP contribution in [0.1, 0.15) is 47.5 Å². The van der Waals surface area contributed by atoms with Gasteiger partial charge in [-0.25, -0.2) is 0 Å². The first-order valence-electron chi connectivity index (χ1n) is 6.13. The molecule has 3 unspecified atom stereocenters. The fraction of sp³-hybridized carbons (Fsp3) is 1.00. The molecule has 92 valence electrons. The molecule has 0 aromatic rings. The summed E-state index contributed by atoms with van der Waals surface area (Å²) in [7, 11) is -0.679. The molecule has 0 bridgehead atoms. The van der Waals surface area contributed by atoms with Crippen LogP contribution in [0.3, 0.4) is 0 Å². The molecule has 1 N–H and O–H groups in total. The van der Waals surface area contributed by atoms with E-state index in [1.807, 2.05) is 0 Å². The highest BCUT2D eigenvalue weighted by Crippen LogP contribution is 2.10. The van der Waals surface area contributed by atoms with Crippen molar-refractivity contribution in [3.05, 3.63) is 0 Å². The maximum atomic E-state index is 12.0. The van der Waals surface area contributed by atoms with E-state index in [4.69, 9.17) is 0 Å². The van der Waals surface area contributed by atoms with E-state index in [2.05, 4.69) is 39.9 Å². The minimum atomic E-state index is -0.679. The molecule has 0 aliphatic rings. The van der Waals surface area contributed by atoms with Crippen molar-refractivity contribution in [3.8, 4) is 0 Å². The van der Waals surface area contributed by atoms with Crippen LogP contribution in [0.2, 0.25) is 0 Å². The smallest absolute Gasteiger partial charge is 0.0472 e. The van der Waals surface area contributed by atoms with Crippen LogP contribution in [0.4, 0.5) is 0 Å². The van der Waals surface area contributed by atoms with Gasteiger partial charge in [0.2, 0.25) is 0 Å². The molecule has 0 fully saturated rings. The van der Waals surface area contributed by atoms with Crippen molar-refractivity contribution in [1.29, 1.82) is 0 Å². The molecule has 0 saturated carbocycles. The minimum Gasteiger partial charge on any atom is -0.313 e. The number of rotatable bonds is 8. The summed E-state index contributed by atoms with van der Waals surface area (Å²) in [4.78, 5) is 0. The molecule has 3 atom stereocenters. The van der Waals surface area contributed by atoms with E-state index in [1.54, 1.807) is 0 Å². The van der Waals surface area contributed by atoms with Crippen LogP contribution in [0.25, 0.3) is 0 Å². The van der Waals surface area contributed by atoms with E-state index < -0.39 is 10.8 Å². The molecule has 0 spiro atoms. The van der Waals surface area contributed by atoms with Gasteiger partial charge in [-0.05, 0) is 32.2 Å². The van der Waals surface area contributed by atoms with E-state index in [0.717, 1.165) is 25.1 Å². The van der Waals surface area contributed by atoms with Crippen molar-refractivity contribution >= 4 is 10.8 Å². The molecule has 0 radical (unpaired) electrons. The summed E-state index contributed by atoms with van der Waals surface area (Å²) in [6, 6.07) is 0.406. The van der Waals surface area contributed by atoms with Crippen molar-refractivity contribution < 1.29 is 4.21 Å². The van der Waals surface area contributed by atoms with Crippen molar-refractivity contribution in [3.63, 3.8) is 0 Å². The topological polar surface area (TPSA) is 29.1 Å². The Labute approximate surface area is 97.7 Å². The summed E-state index contributed by atoms with van der Waals surface area (Å²) in [6.45, 7) is 11.7. The normalized spacial score (nSPS) is 17.7. The third-order valence-electron chi connectivity index (χ3n) is 2.78. The fourth-order valence-electron chi connectivity index (χ4n) is 1.63. The molecule has 0 aromatic heterocycles. The predicted molar refractivity (Wildman–Crippen MR) is 69.7 cm³/mol. The molecule has 3 heteroatoms. The number of nitrogens with one attached hydrogen (secondary N) is 1. The summed E-state index contributed by atoms with van der Waals surface area (Å²) >= 11 is 0. The summed E-state index contributed by atoms with van der Waals surface area (Å²) in [6.07, 6.45) is 2.13. The Hall–Kier alpha value is 0.110. The van der Waals surface area contributed by atoms with Gasteiger partial charge in [-0.3, -0.25) is 4.21 Å². The average molecular weight is 233 g/mol. The van der Waals surface area contributed by atoms with Gasteiger partial charge in [0.05, 0.1) is 0 Å². The number of hydrogen-bond donors (Lipinski definition) is 1. The van der Waals surface area contributed by atoms with Crippen molar-refractivity contribution in [2.45, 2.75) is 58.8 Å². The molecule has 0 rings (SSSR count). The molecule has 0 amide bonds. The fourth-order valence-corrected chi connectivity index (χ4v) is 3.36. The molecule has 0 aromatic carbocycles. The Morgan fingerprint density at radius 1 is 1.20 bits per heavy atom. The quantitative estimate of drug-likeness (QED) is 0.698. The summed E-state index contributed by atoms with van der Waals surface area (Å²) < 4.78 is 12.0. The SMILES string of the molecule is CCNC(CC)C(C)S(=O)CCC(C)C. The first-order chi connectivity index (χ1) is 7.02. The van der Waals surface area contributed by atoms with Crippen LogP contribution in [0, 0.1) is 5.92 Å². The Kier molecular flexibility index (Phi) is 8.34. The predicted octanol–water partition coefficient (Wildman–Crippen LogP) is 2.56. The molecule has 0 saturated heterocycles. The van der Waals surface area contributed by atoms with E-state index in [-0.39, 0.29) is 5.25 Å². The van der Waals surface area contributed by atoms with Crippen LogP contribution >= 0.6 is 0 Å². The average Bonchev–Trinajstić information content (AvgIpc) is 2.21. The molecule has 2 nitrogen and oxygen atoms in total. The van der Waals surface area contributed by atoms with Gasteiger partial charge in [-0.15, -0.1) is 0 Å². The first-order valence-corrected chi connectivity index (χ1v) is 7.51. The Bertz CT molecular complexity index is 182. The lowest BCUT2D eigenvalue weighted by Gasteiger charge is -2.23. The third kappa shape index (κ3) is 6.31. The summed E-state index contributed by atoms with van der Waals surface area (Å²) in [5, 5.41) is 3.68. The highest BCUT2D eigenvalue weighted by molar-refractivity contribution is 7.85. The molecular formula is C12H27NOS. The number of hydrogen-bond acceptors (Lipinski definition) is 2. The Balaban J connectivity index is 4.04. The van der Waals surface area contributed by atoms with E-state index >= 15 is 0 Å². The Morgan fingerprint density at radius 3 is 2.20 bits per heavy atom.